The van der Waals surface area contributed by atoms with Crippen LogP contribution in [-0.4, -0.2) is 73.9 Å². The number of nitrogens with zero attached hydrogens (tertiary/aromatic N) is 4. The number of hydrogen-bond donors (Lipinski definition) is 3. The van der Waals surface area contributed by atoms with Crippen LogP contribution in [0.4, 0.5) is 30.5 Å². The van der Waals surface area contributed by atoms with Gasteiger partial charge in [-0.3, -0.25) is 20.0 Å². The fourth-order valence-electron chi connectivity index (χ4n) is 3.35. The molecule has 11 nitrogen and oxygen atoms in total. The predicted octanol–water partition coefficient (Wildman–Crippen LogP) is 2.24. The first-order valence-corrected chi connectivity index (χ1v) is 11.6. The summed E-state index contributed by atoms with van der Waals surface area (Å²) in [5, 5.41) is 8.84. The molecular weight excluding hydrogens is 465 g/mol. The number of benzene rings is 1. The molecule has 34 heavy (non-hydrogen) atoms. The molecule has 0 spiro atoms. The highest BCUT2D eigenvalue weighted by Crippen LogP contribution is 2.27. The second kappa shape index (κ2) is 11.6. The van der Waals surface area contributed by atoms with Crippen LogP contribution < -0.4 is 25.9 Å². The summed E-state index contributed by atoms with van der Waals surface area (Å²) in [6.07, 6.45) is 0.518. The van der Waals surface area contributed by atoms with Crippen molar-refractivity contribution in [2.24, 2.45) is 0 Å². The Bertz CT molecular complexity index is 1010. The van der Waals surface area contributed by atoms with Crippen LogP contribution in [0.3, 0.4) is 0 Å². The molecule has 0 bridgehead atoms. The van der Waals surface area contributed by atoms with Gasteiger partial charge in [0.05, 0.1) is 24.5 Å². The monoisotopic (exact) mass is 493 g/mol. The van der Waals surface area contributed by atoms with Crippen molar-refractivity contribution in [3.63, 3.8) is 0 Å². The summed E-state index contributed by atoms with van der Waals surface area (Å²) in [5.74, 6) is -0.697. The third kappa shape index (κ3) is 6.54. The molecule has 2 aromatic rings. The lowest BCUT2D eigenvalue weighted by atomic mass is 10.2. The molecule has 0 radical (unpaired) electrons. The lowest BCUT2D eigenvalue weighted by Crippen LogP contribution is -2.45. The fourth-order valence-corrected chi connectivity index (χ4v) is 3.87. The Morgan fingerprint density at radius 1 is 1.38 bits per heavy atom. The van der Waals surface area contributed by atoms with Gasteiger partial charge < -0.3 is 15.0 Å². The number of likely N-dealkylation sites (N-methyl/N-ethyl adjacent to an activating group) is 1. The third-order valence-corrected chi connectivity index (χ3v) is 5.79. The summed E-state index contributed by atoms with van der Waals surface area (Å²) in [6, 6.07) is 4.20. The molecule has 1 aromatic heterocycles. The summed E-state index contributed by atoms with van der Waals surface area (Å²) in [7, 11) is 1.59. The van der Waals surface area contributed by atoms with Gasteiger partial charge >= 0.3 is 12.1 Å². The molecule has 1 aliphatic rings. The van der Waals surface area contributed by atoms with Crippen molar-refractivity contribution >= 4 is 45.9 Å². The van der Waals surface area contributed by atoms with Crippen molar-refractivity contribution in [1.29, 1.82) is 0 Å². The highest BCUT2D eigenvalue weighted by atomic mass is 32.1. The molecule has 1 aliphatic heterocycles. The van der Waals surface area contributed by atoms with Gasteiger partial charge in [-0.1, -0.05) is 0 Å². The molecule has 2 heterocycles. The minimum atomic E-state index is -0.585. The molecule has 1 atom stereocenters. The highest BCUT2D eigenvalue weighted by Gasteiger charge is 2.32. The second-order valence-electron chi connectivity index (χ2n) is 7.50. The van der Waals surface area contributed by atoms with E-state index in [1.165, 1.54) is 34.2 Å². The fraction of sp³-hybridized carbons (Fsp3) is 0.429. The van der Waals surface area contributed by atoms with Gasteiger partial charge in [-0.05, 0) is 25.1 Å². The number of anilines is 3. The Balaban J connectivity index is 1.54. The van der Waals surface area contributed by atoms with Crippen molar-refractivity contribution < 1.29 is 23.5 Å². The van der Waals surface area contributed by atoms with E-state index >= 15 is 0 Å². The minimum absolute atomic E-state index is 0.199. The Hall–Kier alpha value is -3.45. The van der Waals surface area contributed by atoms with Gasteiger partial charge in [-0.2, -0.15) is 0 Å². The van der Waals surface area contributed by atoms with E-state index in [-0.39, 0.29) is 25.0 Å². The Labute approximate surface area is 200 Å². The molecule has 0 saturated carbocycles. The van der Waals surface area contributed by atoms with Crippen molar-refractivity contribution in [2.45, 2.75) is 20.0 Å². The Morgan fingerprint density at radius 2 is 2.18 bits per heavy atom. The van der Waals surface area contributed by atoms with E-state index < -0.39 is 18.0 Å². The smallest absolute Gasteiger partial charge is 0.414 e. The lowest BCUT2D eigenvalue weighted by molar-refractivity contribution is -0.119. The molecule has 13 heteroatoms. The van der Waals surface area contributed by atoms with Crippen LogP contribution in [0.5, 0.6) is 0 Å². The molecule has 3 rings (SSSR count). The molecule has 184 valence electrons. The zero-order valence-corrected chi connectivity index (χ0v) is 20.0. The Morgan fingerprint density at radius 3 is 2.82 bits per heavy atom. The maximum atomic E-state index is 15.0. The molecule has 1 fully saturated rings. The van der Waals surface area contributed by atoms with Crippen LogP contribution in [-0.2, 0) is 9.53 Å². The van der Waals surface area contributed by atoms with Crippen molar-refractivity contribution in [3.05, 3.63) is 35.6 Å². The first-order chi connectivity index (χ1) is 16.3. The van der Waals surface area contributed by atoms with E-state index in [2.05, 4.69) is 21.0 Å². The molecule has 3 N–H and O–H groups in total. The van der Waals surface area contributed by atoms with Gasteiger partial charge in [0.1, 0.15) is 11.9 Å². The third-order valence-electron chi connectivity index (χ3n) is 5.10. The molecular formula is C21H28FN7O4S. The van der Waals surface area contributed by atoms with E-state index in [4.69, 9.17) is 4.74 Å². The van der Waals surface area contributed by atoms with Crippen LogP contribution in [0.25, 0.3) is 0 Å². The van der Waals surface area contributed by atoms with Crippen LogP contribution >= 0.6 is 11.3 Å². The number of cyclic esters (lactones) is 1. The number of aromatic nitrogens is 1. The predicted molar refractivity (Wildman–Crippen MR) is 127 cm³/mol. The SMILES string of the molecule is CCN(CCNN(C)C(=O)Nc1nccs1)c1ccc(N2C[C@H](CNC(C)=O)OC2=O)cc1F. The quantitative estimate of drug-likeness (QED) is 0.434. The summed E-state index contributed by atoms with van der Waals surface area (Å²) in [6.45, 7) is 5.06. The van der Waals surface area contributed by atoms with Crippen molar-refractivity contribution in [1.82, 2.24) is 20.7 Å². The number of carbonyl (C=O) groups is 3. The summed E-state index contributed by atoms with van der Waals surface area (Å²) < 4.78 is 20.2. The van der Waals surface area contributed by atoms with E-state index in [9.17, 15) is 18.8 Å². The van der Waals surface area contributed by atoms with Crippen LogP contribution in [0, 0.1) is 5.82 Å². The van der Waals surface area contributed by atoms with Crippen LogP contribution in [0.1, 0.15) is 13.8 Å². The van der Waals surface area contributed by atoms with Gasteiger partial charge in [0.25, 0.3) is 0 Å². The number of amides is 4. The number of carbonyl (C=O) groups excluding carboxylic acids is 3. The van der Waals surface area contributed by atoms with E-state index in [1.54, 1.807) is 30.8 Å². The number of hydrazine groups is 1. The van der Waals surface area contributed by atoms with Crippen LogP contribution in [0.2, 0.25) is 0 Å². The number of urea groups is 1. The standard InChI is InChI=1S/C21H28FN7O4S/c1-4-28(9-7-25-27(3)20(31)26-19-23-8-10-34-19)18-6-5-15(11-17(18)22)29-13-16(33-21(29)32)12-24-14(2)30/h5-6,8,10-11,16,25H,4,7,9,12-13H2,1-3H3,(H,24,30)(H,23,26,31)/t16-/m0/s1. The van der Waals surface area contributed by atoms with E-state index in [0.717, 1.165) is 0 Å². The summed E-state index contributed by atoms with van der Waals surface area (Å²) >= 11 is 1.32. The Kier molecular flexibility index (Phi) is 8.60. The van der Waals surface area contributed by atoms with Gasteiger partial charge in [-0.15, -0.1) is 11.3 Å². The number of rotatable bonds is 10. The lowest BCUT2D eigenvalue weighted by Gasteiger charge is -2.26. The summed E-state index contributed by atoms with van der Waals surface area (Å²) in [4.78, 5) is 42.6. The average molecular weight is 494 g/mol. The van der Waals surface area contributed by atoms with Gasteiger partial charge in [0, 0.05) is 45.2 Å². The van der Waals surface area contributed by atoms with Crippen molar-refractivity contribution in [2.75, 3.05) is 54.9 Å². The first-order valence-electron chi connectivity index (χ1n) is 10.7. The van der Waals surface area contributed by atoms with E-state index in [0.29, 0.717) is 36.1 Å². The van der Waals surface area contributed by atoms with Crippen molar-refractivity contribution in [3.8, 4) is 0 Å². The second-order valence-corrected chi connectivity index (χ2v) is 8.40. The first kappa shape index (κ1) is 25.2. The zero-order chi connectivity index (χ0) is 24.7. The van der Waals surface area contributed by atoms with Crippen LogP contribution in [0.15, 0.2) is 29.8 Å². The maximum Gasteiger partial charge on any atom is 0.414 e. The number of hydrogen-bond acceptors (Lipinski definition) is 8. The van der Waals surface area contributed by atoms with Gasteiger partial charge in [0.2, 0.25) is 5.91 Å². The normalized spacial score (nSPS) is 15.1. The molecule has 1 saturated heterocycles. The number of ether oxygens (including phenoxy) is 1. The highest BCUT2D eigenvalue weighted by molar-refractivity contribution is 7.13. The number of nitrogens with one attached hydrogen (secondary N) is 3. The molecule has 0 unspecified atom stereocenters. The largest absolute Gasteiger partial charge is 0.442 e. The van der Waals surface area contributed by atoms with E-state index in [1.807, 2.05) is 11.8 Å². The van der Waals surface area contributed by atoms with Gasteiger partial charge in [0.15, 0.2) is 5.13 Å². The summed E-state index contributed by atoms with van der Waals surface area (Å²) in [5.41, 5.74) is 3.73. The number of halogens is 1. The topological polar surface area (TPSA) is 119 Å². The zero-order valence-electron chi connectivity index (χ0n) is 19.2. The molecule has 1 aromatic carbocycles. The molecule has 4 amide bonds. The number of thiazole rings is 1. The van der Waals surface area contributed by atoms with Gasteiger partial charge in [-0.25, -0.2) is 24.4 Å². The minimum Gasteiger partial charge on any atom is -0.442 e. The molecule has 0 aliphatic carbocycles. The average Bonchev–Trinajstić information content (AvgIpc) is 3.44. The maximum absolute atomic E-state index is 15.0.